The number of hydrogen-bond acceptors (Lipinski definition) is 3. The summed E-state index contributed by atoms with van der Waals surface area (Å²) in [5, 5.41) is 0.935. The van der Waals surface area contributed by atoms with Crippen LogP contribution in [0.25, 0.3) is 10.9 Å². The van der Waals surface area contributed by atoms with Crippen molar-refractivity contribution in [2.45, 2.75) is 6.61 Å². The van der Waals surface area contributed by atoms with Crippen molar-refractivity contribution < 1.29 is 18.3 Å². The fourth-order valence-corrected chi connectivity index (χ4v) is 2.75. The number of hydrogen-bond donors (Lipinski definition) is 1. The molecule has 122 valence electrons. The summed E-state index contributed by atoms with van der Waals surface area (Å²) in [6.45, 7) is -0.0385. The van der Waals surface area contributed by atoms with E-state index in [1.165, 1.54) is 0 Å². The number of nitrogens with zero attached hydrogens (tertiary/aromatic N) is 1. The second-order valence-electron chi connectivity index (χ2n) is 5.00. The number of halogens is 3. The minimum Gasteiger partial charge on any atom is -0.484 e. The summed E-state index contributed by atoms with van der Waals surface area (Å²) in [6, 6.07) is 11.2. The van der Waals surface area contributed by atoms with Gasteiger partial charge in [0, 0.05) is 9.86 Å². The van der Waals surface area contributed by atoms with E-state index in [0.717, 1.165) is 27.5 Å². The van der Waals surface area contributed by atoms with Gasteiger partial charge in [-0.15, -0.1) is 0 Å². The molecule has 0 aliphatic rings. The summed E-state index contributed by atoms with van der Waals surface area (Å²) >= 11 is 3.43. The molecule has 2 N–H and O–H groups in total. The number of carbonyl (C=O) groups is 1. The zero-order valence-electron chi connectivity index (χ0n) is 12.2. The van der Waals surface area contributed by atoms with Crippen LogP contribution >= 0.6 is 15.9 Å². The summed E-state index contributed by atoms with van der Waals surface area (Å²) in [7, 11) is 0. The highest BCUT2D eigenvalue weighted by molar-refractivity contribution is 9.10. The number of carbonyl (C=O) groups excluding carboxylic acids is 1. The molecule has 2 aromatic carbocycles. The molecule has 0 atom stereocenters. The van der Waals surface area contributed by atoms with Gasteiger partial charge in [-0.2, -0.15) is 0 Å². The molecule has 0 fully saturated rings. The Morgan fingerprint density at radius 3 is 2.71 bits per heavy atom. The molecular formula is C17H11BrF2N2O2. The third-order valence-electron chi connectivity index (χ3n) is 3.41. The molecule has 0 aliphatic carbocycles. The fraction of sp³-hybridized carbons (Fsp3) is 0.0588. The van der Waals surface area contributed by atoms with Crippen LogP contribution in [0.1, 0.15) is 16.1 Å². The molecule has 7 heteroatoms. The van der Waals surface area contributed by atoms with Gasteiger partial charge in [-0.1, -0.05) is 22.0 Å². The average molecular weight is 393 g/mol. The Bertz CT molecular complexity index is 947. The largest absolute Gasteiger partial charge is 0.484 e. The monoisotopic (exact) mass is 392 g/mol. The van der Waals surface area contributed by atoms with Gasteiger partial charge >= 0.3 is 0 Å². The molecule has 0 radical (unpaired) electrons. The maximum atomic E-state index is 14.1. The van der Waals surface area contributed by atoms with E-state index in [1.807, 2.05) is 24.3 Å². The molecule has 0 aliphatic heterocycles. The van der Waals surface area contributed by atoms with Crippen molar-refractivity contribution in [1.82, 2.24) is 4.98 Å². The van der Waals surface area contributed by atoms with Gasteiger partial charge in [0.1, 0.15) is 18.0 Å². The highest BCUT2D eigenvalue weighted by Crippen LogP contribution is 2.25. The van der Waals surface area contributed by atoms with Crippen LogP contribution in [0.4, 0.5) is 8.78 Å². The van der Waals surface area contributed by atoms with E-state index in [9.17, 15) is 13.6 Å². The van der Waals surface area contributed by atoms with Crippen molar-refractivity contribution in [3.05, 3.63) is 69.8 Å². The molecule has 1 aromatic heterocycles. The molecule has 1 heterocycles. The lowest BCUT2D eigenvalue weighted by Gasteiger charge is -2.10. The molecule has 1 amide bonds. The fourth-order valence-electron chi connectivity index (χ4n) is 2.26. The van der Waals surface area contributed by atoms with Gasteiger partial charge in [0.15, 0.2) is 11.6 Å². The molecule has 0 spiro atoms. The van der Waals surface area contributed by atoms with Crippen LogP contribution in [0.15, 0.2) is 46.9 Å². The quantitative estimate of drug-likeness (QED) is 0.730. The van der Waals surface area contributed by atoms with Crippen LogP contribution in [-0.2, 0) is 6.61 Å². The Labute approximate surface area is 144 Å². The zero-order valence-corrected chi connectivity index (χ0v) is 13.8. The summed E-state index contributed by atoms with van der Waals surface area (Å²) in [6.07, 6.45) is 0. The van der Waals surface area contributed by atoms with Gasteiger partial charge in [-0.05, 0) is 36.4 Å². The Morgan fingerprint density at radius 2 is 1.96 bits per heavy atom. The second kappa shape index (κ2) is 6.52. The maximum absolute atomic E-state index is 14.1. The highest BCUT2D eigenvalue weighted by atomic mass is 79.9. The van der Waals surface area contributed by atoms with Crippen molar-refractivity contribution in [2.24, 2.45) is 5.73 Å². The average Bonchev–Trinajstić information content (AvgIpc) is 2.54. The third-order valence-corrected chi connectivity index (χ3v) is 4.11. The number of nitrogens with two attached hydrogens (primary N) is 1. The number of ether oxygens (including phenoxy) is 1. The van der Waals surface area contributed by atoms with E-state index < -0.39 is 23.1 Å². The Balaban J connectivity index is 1.86. The maximum Gasteiger partial charge on any atom is 0.254 e. The predicted octanol–water partition coefficient (Wildman–Crippen LogP) is 3.95. The van der Waals surface area contributed by atoms with Crippen molar-refractivity contribution in [2.75, 3.05) is 0 Å². The summed E-state index contributed by atoms with van der Waals surface area (Å²) in [5.74, 6) is -3.60. The molecule has 0 saturated heterocycles. The van der Waals surface area contributed by atoms with E-state index in [4.69, 9.17) is 10.5 Å². The Kier molecular flexibility index (Phi) is 4.44. The van der Waals surface area contributed by atoms with Gasteiger partial charge in [-0.25, -0.2) is 13.8 Å². The van der Waals surface area contributed by atoms with Gasteiger partial charge < -0.3 is 10.5 Å². The van der Waals surface area contributed by atoms with Crippen LogP contribution in [-0.4, -0.2) is 10.9 Å². The van der Waals surface area contributed by atoms with E-state index in [2.05, 4.69) is 20.9 Å². The lowest BCUT2D eigenvalue weighted by molar-refractivity contribution is 0.0991. The smallest absolute Gasteiger partial charge is 0.254 e. The molecule has 3 aromatic rings. The first kappa shape index (κ1) is 16.3. The van der Waals surface area contributed by atoms with E-state index >= 15 is 0 Å². The summed E-state index contributed by atoms with van der Waals surface area (Å²) in [5.41, 5.74) is 5.47. The topological polar surface area (TPSA) is 65.2 Å². The predicted molar refractivity (Wildman–Crippen MR) is 88.7 cm³/mol. The number of amides is 1. The third kappa shape index (κ3) is 3.07. The van der Waals surface area contributed by atoms with Crippen molar-refractivity contribution >= 4 is 32.7 Å². The first-order valence-corrected chi connectivity index (χ1v) is 7.71. The SMILES string of the molecule is NC(=O)c1c(F)ccc(OCc2ccc3c(Br)cccc3n2)c1F. The standard InChI is InChI=1S/C17H11BrF2N2O2/c18-11-2-1-3-13-10(11)5-4-9(22-13)8-24-14-7-6-12(19)15(16(14)20)17(21)23/h1-7H,8H2,(H2,21,23). The van der Waals surface area contributed by atoms with Gasteiger partial charge in [0.05, 0.1) is 11.2 Å². The second-order valence-corrected chi connectivity index (χ2v) is 5.85. The number of primary amides is 1. The molecule has 24 heavy (non-hydrogen) atoms. The number of fused-ring (bicyclic) bond motifs is 1. The summed E-state index contributed by atoms with van der Waals surface area (Å²) in [4.78, 5) is 15.5. The molecular weight excluding hydrogens is 382 g/mol. The molecule has 0 unspecified atom stereocenters. The van der Waals surface area contributed by atoms with Crippen LogP contribution in [0.2, 0.25) is 0 Å². The van der Waals surface area contributed by atoms with Crippen molar-refractivity contribution in [3.8, 4) is 5.75 Å². The minimum atomic E-state index is -1.19. The Morgan fingerprint density at radius 1 is 1.17 bits per heavy atom. The van der Waals surface area contributed by atoms with Gasteiger partial charge in [-0.3, -0.25) is 4.79 Å². The number of aromatic nitrogens is 1. The highest BCUT2D eigenvalue weighted by Gasteiger charge is 2.19. The normalized spacial score (nSPS) is 10.8. The molecule has 3 rings (SSSR count). The van der Waals surface area contributed by atoms with E-state index in [0.29, 0.717) is 5.69 Å². The number of pyridine rings is 1. The van der Waals surface area contributed by atoms with Crippen LogP contribution in [0.3, 0.4) is 0 Å². The van der Waals surface area contributed by atoms with Crippen molar-refractivity contribution in [1.29, 1.82) is 0 Å². The zero-order chi connectivity index (χ0) is 17.3. The van der Waals surface area contributed by atoms with Crippen LogP contribution in [0.5, 0.6) is 5.75 Å². The van der Waals surface area contributed by atoms with E-state index in [-0.39, 0.29) is 12.4 Å². The molecule has 4 nitrogen and oxygen atoms in total. The van der Waals surface area contributed by atoms with Gasteiger partial charge in [0.2, 0.25) is 0 Å². The molecule has 0 bridgehead atoms. The first-order valence-electron chi connectivity index (χ1n) is 6.92. The van der Waals surface area contributed by atoms with Crippen LogP contribution < -0.4 is 10.5 Å². The lowest BCUT2D eigenvalue weighted by atomic mass is 10.1. The first-order chi connectivity index (χ1) is 11.5. The Hall–Kier alpha value is -2.54. The molecule has 0 saturated carbocycles. The van der Waals surface area contributed by atoms with E-state index in [1.54, 1.807) is 6.07 Å². The number of benzene rings is 2. The van der Waals surface area contributed by atoms with Crippen molar-refractivity contribution in [3.63, 3.8) is 0 Å². The summed E-state index contributed by atoms with van der Waals surface area (Å²) < 4.78 is 33.8. The lowest BCUT2D eigenvalue weighted by Crippen LogP contribution is -2.16. The number of rotatable bonds is 4. The van der Waals surface area contributed by atoms with Crippen LogP contribution in [0, 0.1) is 11.6 Å². The minimum absolute atomic E-state index is 0.0385. The van der Waals surface area contributed by atoms with Gasteiger partial charge in [0.25, 0.3) is 5.91 Å².